The highest BCUT2D eigenvalue weighted by atomic mass is 35.5. The van der Waals surface area contributed by atoms with Gasteiger partial charge in [0.15, 0.2) is 0 Å². The van der Waals surface area contributed by atoms with Crippen LogP contribution in [0.4, 0.5) is 0 Å². The van der Waals surface area contributed by atoms with Gasteiger partial charge in [-0.1, -0.05) is 65.7 Å². The summed E-state index contributed by atoms with van der Waals surface area (Å²) >= 11 is 14.1. The molecular weight excluding hydrogens is 319 g/mol. The van der Waals surface area contributed by atoms with Gasteiger partial charge in [0.05, 0.1) is 9.72 Å². The second kappa shape index (κ2) is 5.03. The SMILES string of the molecule is Clc1ccc(-c2cccc3c2sc2c(Cl)cccc23)cc1. The third-order valence-electron chi connectivity index (χ3n) is 3.63. The van der Waals surface area contributed by atoms with E-state index in [1.165, 1.54) is 26.6 Å². The first-order valence-electron chi connectivity index (χ1n) is 6.60. The molecule has 0 unspecified atom stereocenters. The molecule has 0 amide bonds. The van der Waals surface area contributed by atoms with Gasteiger partial charge in [0.1, 0.15) is 0 Å². The quantitative estimate of drug-likeness (QED) is 0.352. The average Bonchev–Trinajstić information content (AvgIpc) is 2.89. The molecule has 0 aliphatic carbocycles. The van der Waals surface area contributed by atoms with E-state index in [0.29, 0.717) is 0 Å². The highest BCUT2D eigenvalue weighted by Gasteiger charge is 2.11. The standard InChI is InChI=1S/C18H10Cl2S/c19-12-9-7-11(8-10-12)13-3-1-4-14-15-5-2-6-16(20)18(15)21-17(13)14/h1-10H. The zero-order valence-electron chi connectivity index (χ0n) is 10.9. The van der Waals surface area contributed by atoms with Gasteiger partial charge in [-0.25, -0.2) is 0 Å². The Hall–Kier alpha value is -1.54. The van der Waals surface area contributed by atoms with Crippen LogP contribution in [0, 0.1) is 0 Å². The van der Waals surface area contributed by atoms with Crippen molar-refractivity contribution < 1.29 is 0 Å². The Morgan fingerprint density at radius 2 is 1.33 bits per heavy atom. The minimum absolute atomic E-state index is 0.755. The molecule has 0 aliphatic rings. The van der Waals surface area contributed by atoms with Crippen molar-refractivity contribution in [2.45, 2.75) is 0 Å². The molecule has 0 saturated heterocycles. The molecule has 0 spiro atoms. The summed E-state index contributed by atoms with van der Waals surface area (Å²) in [4.78, 5) is 0. The molecule has 3 heteroatoms. The van der Waals surface area contributed by atoms with E-state index in [1.54, 1.807) is 11.3 Å². The monoisotopic (exact) mass is 328 g/mol. The fourth-order valence-corrected chi connectivity index (χ4v) is 4.30. The van der Waals surface area contributed by atoms with Gasteiger partial charge >= 0.3 is 0 Å². The zero-order valence-corrected chi connectivity index (χ0v) is 13.3. The van der Waals surface area contributed by atoms with E-state index in [2.05, 4.69) is 36.4 Å². The summed E-state index contributed by atoms with van der Waals surface area (Å²) in [6.45, 7) is 0. The molecule has 1 heterocycles. The summed E-state index contributed by atoms with van der Waals surface area (Å²) in [6, 6.07) is 20.5. The zero-order chi connectivity index (χ0) is 14.4. The van der Waals surface area contributed by atoms with Crippen LogP contribution in [0.25, 0.3) is 31.3 Å². The maximum Gasteiger partial charge on any atom is 0.0584 e. The largest absolute Gasteiger partial charge is 0.133 e. The van der Waals surface area contributed by atoms with E-state index in [1.807, 2.05) is 24.3 Å². The van der Waals surface area contributed by atoms with Crippen LogP contribution in [0.15, 0.2) is 60.7 Å². The molecule has 0 aliphatic heterocycles. The van der Waals surface area contributed by atoms with Crippen molar-refractivity contribution in [1.29, 1.82) is 0 Å². The lowest BCUT2D eigenvalue weighted by Crippen LogP contribution is -1.77. The maximum atomic E-state index is 6.34. The van der Waals surface area contributed by atoms with Crippen molar-refractivity contribution in [2.75, 3.05) is 0 Å². The van der Waals surface area contributed by atoms with Gasteiger partial charge in [-0.2, -0.15) is 0 Å². The van der Waals surface area contributed by atoms with Gasteiger partial charge < -0.3 is 0 Å². The van der Waals surface area contributed by atoms with Gasteiger partial charge in [0.2, 0.25) is 0 Å². The van der Waals surface area contributed by atoms with E-state index >= 15 is 0 Å². The molecule has 0 N–H and O–H groups in total. The van der Waals surface area contributed by atoms with Crippen molar-refractivity contribution in [3.05, 3.63) is 70.7 Å². The van der Waals surface area contributed by atoms with Crippen molar-refractivity contribution in [3.8, 4) is 11.1 Å². The smallest absolute Gasteiger partial charge is 0.0584 e. The second-order valence-electron chi connectivity index (χ2n) is 4.91. The molecule has 0 bridgehead atoms. The number of fused-ring (bicyclic) bond motifs is 3. The third kappa shape index (κ3) is 2.13. The van der Waals surface area contributed by atoms with Crippen LogP contribution in [0.2, 0.25) is 10.0 Å². The van der Waals surface area contributed by atoms with Crippen molar-refractivity contribution in [2.24, 2.45) is 0 Å². The number of hydrogen-bond acceptors (Lipinski definition) is 1. The van der Waals surface area contributed by atoms with Gasteiger partial charge in [0.25, 0.3) is 0 Å². The summed E-state index contributed by atoms with van der Waals surface area (Å²) in [6.07, 6.45) is 0. The van der Waals surface area contributed by atoms with Crippen LogP contribution >= 0.6 is 34.5 Å². The van der Waals surface area contributed by atoms with E-state index in [0.717, 1.165) is 14.7 Å². The lowest BCUT2D eigenvalue weighted by atomic mass is 10.0. The van der Waals surface area contributed by atoms with Crippen molar-refractivity contribution in [1.82, 2.24) is 0 Å². The summed E-state index contributed by atoms with van der Waals surface area (Å²) < 4.78 is 2.42. The van der Waals surface area contributed by atoms with Crippen LogP contribution in [0.1, 0.15) is 0 Å². The highest BCUT2D eigenvalue weighted by Crippen LogP contribution is 2.42. The summed E-state index contributed by atoms with van der Waals surface area (Å²) in [5.74, 6) is 0. The highest BCUT2D eigenvalue weighted by molar-refractivity contribution is 7.26. The molecule has 102 valence electrons. The van der Waals surface area contributed by atoms with Gasteiger partial charge in [0, 0.05) is 20.5 Å². The minimum Gasteiger partial charge on any atom is -0.133 e. The van der Waals surface area contributed by atoms with E-state index in [-0.39, 0.29) is 0 Å². The molecule has 0 saturated carbocycles. The third-order valence-corrected chi connectivity index (χ3v) is 5.60. The number of rotatable bonds is 1. The van der Waals surface area contributed by atoms with E-state index < -0.39 is 0 Å². The Morgan fingerprint density at radius 3 is 2.10 bits per heavy atom. The first kappa shape index (κ1) is 13.1. The fourth-order valence-electron chi connectivity index (χ4n) is 2.64. The van der Waals surface area contributed by atoms with Crippen LogP contribution < -0.4 is 0 Å². The van der Waals surface area contributed by atoms with Crippen LogP contribution in [0.5, 0.6) is 0 Å². The van der Waals surface area contributed by atoms with Gasteiger partial charge in [-0.05, 0) is 29.3 Å². The Balaban J connectivity index is 2.08. The lowest BCUT2D eigenvalue weighted by molar-refractivity contribution is 1.67. The van der Waals surface area contributed by atoms with E-state index in [4.69, 9.17) is 23.2 Å². The molecule has 4 aromatic rings. The first-order chi connectivity index (χ1) is 10.2. The summed E-state index contributed by atoms with van der Waals surface area (Å²) in [5.41, 5.74) is 2.40. The predicted octanol–water partition coefficient (Wildman–Crippen LogP) is 7.03. The number of hydrogen-bond donors (Lipinski definition) is 0. The normalized spacial score (nSPS) is 11.3. The van der Waals surface area contributed by atoms with E-state index in [9.17, 15) is 0 Å². The average molecular weight is 329 g/mol. The Labute approximate surface area is 136 Å². The molecule has 0 nitrogen and oxygen atoms in total. The van der Waals surface area contributed by atoms with Gasteiger partial charge in [-0.3, -0.25) is 0 Å². The molecule has 0 fully saturated rings. The first-order valence-corrected chi connectivity index (χ1v) is 8.17. The predicted molar refractivity (Wildman–Crippen MR) is 94.8 cm³/mol. The molecule has 4 rings (SSSR count). The number of halogens is 2. The maximum absolute atomic E-state index is 6.34. The van der Waals surface area contributed by atoms with Crippen LogP contribution in [-0.2, 0) is 0 Å². The van der Waals surface area contributed by atoms with Crippen LogP contribution in [-0.4, -0.2) is 0 Å². The number of thiophene rings is 1. The molecule has 21 heavy (non-hydrogen) atoms. The second-order valence-corrected chi connectivity index (χ2v) is 6.77. The Morgan fingerprint density at radius 1 is 0.667 bits per heavy atom. The Bertz CT molecular complexity index is 952. The molecule has 3 aromatic carbocycles. The van der Waals surface area contributed by atoms with Crippen LogP contribution in [0.3, 0.4) is 0 Å². The molecular formula is C18H10Cl2S. The molecule has 0 atom stereocenters. The lowest BCUT2D eigenvalue weighted by Gasteiger charge is -2.03. The fraction of sp³-hybridized carbons (Fsp3) is 0. The Kier molecular flexibility index (Phi) is 3.15. The molecule has 1 aromatic heterocycles. The van der Waals surface area contributed by atoms with Gasteiger partial charge in [-0.15, -0.1) is 11.3 Å². The van der Waals surface area contributed by atoms with Crippen molar-refractivity contribution in [3.63, 3.8) is 0 Å². The summed E-state index contributed by atoms with van der Waals surface area (Å²) in [7, 11) is 0. The molecule has 0 radical (unpaired) electrons. The van der Waals surface area contributed by atoms with Crippen molar-refractivity contribution >= 4 is 54.7 Å². The topological polar surface area (TPSA) is 0 Å². The summed E-state index contributed by atoms with van der Waals surface area (Å²) in [5, 5.41) is 4.05. The minimum atomic E-state index is 0.755. The number of benzene rings is 3.